The van der Waals surface area contributed by atoms with Crippen molar-refractivity contribution in [3.05, 3.63) is 84.4 Å². The maximum absolute atomic E-state index is 12.7. The van der Waals surface area contributed by atoms with Crippen LogP contribution in [0.25, 0.3) is 0 Å². The first-order valence-corrected chi connectivity index (χ1v) is 8.99. The van der Waals surface area contributed by atoms with Crippen molar-refractivity contribution in [1.82, 2.24) is 4.72 Å². The lowest BCUT2D eigenvalue weighted by atomic mass is 9.88. The first-order chi connectivity index (χ1) is 10.9. The Morgan fingerprint density at radius 1 is 0.957 bits per heavy atom. The highest BCUT2D eigenvalue weighted by Gasteiger charge is 2.28. The molecule has 0 radical (unpaired) electrons. The first-order valence-electron chi connectivity index (χ1n) is 7.84. The van der Waals surface area contributed by atoms with E-state index in [1.807, 2.05) is 63.2 Å². The quantitative estimate of drug-likeness (QED) is 0.762. The summed E-state index contributed by atoms with van der Waals surface area (Å²) in [4.78, 5) is 0. The highest BCUT2D eigenvalue weighted by atomic mass is 32.2. The standard InChI is InChI=1S/C20H25NOS/c1-5-18(16-12-8-6-9-13-16)19(17-14-10-7-11-15-17)21-23(22)20(2,3)4/h5-15,18-19,21H,1H2,2-4H3/t18-,19+,23-/m1/s1. The molecule has 0 aliphatic heterocycles. The number of benzene rings is 2. The van der Waals surface area contributed by atoms with Gasteiger partial charge in [0.2, 0.25) is 0 Å². The second kappa shape index (κ2) is 7.71. The van der Waals surface area contributed by atoms with E-state index in [0.29, 0.717) is 0 Å². The summed E-state index contributed by atoms with van der Waals surface area (Å²) in [6.07, 6.45) is 1.93. The molecule has 0 saturated heterocycles. The molecule has 1 N–H and O–H groups in total. The maximum atomic E-state index is 12.7. The number of rotatable bonds is 6. The number of nitrogens with one attached hydrogen (secondary N) is 1. The largest absolute Gasteiger partial charge is 0.242 e. The molecule has 0 aliphatic rings. The van der Waals surface area contributed by atoms with Crippen LogP contribution in [-0.2, 0) is 11.0 Å². The highest BCUT2D eigenvalue weighted by molar-refractivity contribution is 7.84. The minimum absolute atomic E-state index is 0.0462. The fraction of sp³-hybridized carbons (Fsp3) is 0.300. The Balaban J connectivity index is 2.40. The van der Waals surface area contributed by atoms with Crippen molar-refractivity contribution in [2.75, 3.05) is 0 Å². The SMILES string of the molecule is C=C[C@H](c1ccccc1)[C@@H](N[S@](=O)C(C)(C)C)c1ccccc1. The van der Waals surface area contributed by atoms with E-state index in [9.17, 15) is 4.21 Å². The van der Waals surface area contributed by atoms with Gasteiger partial charge >= 0.3 is 0 Å². The second-order valence-electron chi connectivity index (χ2n) is 6.56. The van der Waals surface area contributed by atoms with Gasteiger partial charge in [-0.25, -0.2) is 8.93 Å². The molecule has 0 amide bonds. The molecule has 0 unspecified atom stereocenters. The third kappa shape index (κ3) is 4.63. The van der Waals surface area contributed by atoms with Gasteiger partial charge in [-0.2, -0.15) is 0 Å². The van der Waals surface area contributed by atoms with Crippen molar-refractivity contribution < 1.29 is 4.21 Å². The summed E-state index contributed by atoms with van der Waals surface area (Å²) in [5, 5.41) is 0. The molecule has 3 heteroatoms. The van der Waals surface area contributed by atoms with Gasteiger partial charge in [0.1, 0.15) is 0 Å². The minimum Gasteiger partial charge on any atom is -0.242 e. The van der Waals surface area contributed by atoms with Gasteiger partial charge < -0.3 is 0 Å². The zero-order valence-corrected chi connectivity index (χ0v) is 14.8. The molecule has 3 atom stereocenters. The minimum atomic E-state index is -1.16. The van der Waals surface area contributed by atoms with Crippen LogP contribution < -0.4 is 4.72 Å². The normalized spacial score (nSPS) is 15.6. The molecule has 0 fully saturated rings. The summed E-state index contributed by atoms with van der Waals surface area (Å²) < 4.78 is 15.7. The summed E-state index contributed by atoms with van der Waals surface area (Å²) in [5.74, 6) is 0.0462. The summed E-state index contributed by atoms with van der Waals surface area (Å²) in [7, 11) is -1.16. The van der Waals surface area contributed by atoms with Gasteiger partial charge in [-0.15, -0.1) is 6.58 Å². The predicted octanol–water partition coefficient (Wildman–Crippen LogP) is 4.75. The Morgan fingerprint density at radius 2 is 1.43 bits per heavy atom. The molecule has 23 heavy (non-hydrogen) atoms. The molecule has 2 rings (SSSR count). The Bertz CT molecular complexity index is 646. The predicted molar refractivity (Wildman–Crippen MR) is 99.6 cm³/mol. The molecule has 0 aromatic heterocycles. The van der Waals surface area contributed by atoms with Gasteiger partial charge in [-0.1, -0.05) is 66.7 Å². The summed E-state index contributed by atoms with van der Waals surface area (Å²) in [6.45, 7) is 9.94. The average molecular weight is 327 g/mol. The van der Waals surface area contributed by atoms with E-state index in [1.54, 1.807) is 0 Å². The molecule has 122 valence electrons. The molecule has 0 spiro atoms. The molecular formula is C20H25NOS. The van der Waals surface area contributed by atoms with Crippen molar-refractivity contribution in [2.45, 2.75) is 37.5 Å². The lowest BCUT2D eigenvalue weighted by molar-refractivity contribution is 0.566. The number of hydrogen-bond acceptors (Lipinski definition) is 1. The molecule has 2 aromatic rings. The summed E-state index contributed by atoms with van der Waals surface area (Å²) in [6, 6.07) is 20.3. The molecule has 2 nitrogen and oxygen atoms in total. The van der Waals surface area contributed by atoms with Crippen LogP contribution in [0.5, 0.6) is 0 Å². The topological polar surface area (TPSA) is 29.1 Å². The van der Waals surface area contributed by atoms with E-state index in [2.05, 4.69) is 35.6 Å². The van der Waals surface area contributed by atoms with E-state index in [1.165, 1.54) is 0 Å². The monoisotopic (exact) mass is 327 g/mol. The molecular weight excluding hydrogens is 302 g/mol. The van der Waals surface area contributed by atoms with Gasteiger partial charge in [0.15, 0.2) is 0 Å². The lowest BCUT2D eigenvalue weighted by Gasteiger charge is -2.29. The summed E-state index contributed by atoms with van der Waals surface area (Å²) in [5.41, 5.74) is 2.27. The first kappa shape index (κ1) is 17.6. The van der Waals surface area contributed by atoms with Crippen LogP contribution in [0.15, 0.2) is 73.3 Å². The molecule has 0 saturated carbocycles. The van der Waals surface area contributed by atoms with Gasteiger partial charge in [0.25, 0.3) is 0 Å². The Hall–Kier alpha value is -1.71. The van der Waals surface area contributed by atoms with Crippen LogP contribution in [0.1, 0.15) is 43.9 Å². The van der Waals surface area contributed by atoms with E-state index in [4.69, 9.17) is 0 Å². The molecule has 2 aromatic carbocycles. The zero-order chi connectivity index (χ0) is 16.9. The Morgan fingerprint density at radius 3 is 1.87 bits per heavy atom. The fourth-order valence-electron chi connectivity index (χ4n) is 2.44. The van der Waals surface area contributed by atoms with Crippen molar-refractivity contribution in [1.29, 1.82) is 0 Å². The Labute approximate surface area is 142 Å². The van der Waals surface area contributed by atoms with Crippen LogP contribution >= 0.6 is 0 Å². The van der Waals surface area contributed by atoms with Crippen molar-refractivity contribution >= 4 is 11.0 Å². The van der Waals surface area contributed by atoms with Crippen LogP contribution in [0.2, 0.25) is 0 Å². The van der Waals surface area contributed by atoms with E-state index < -0.39 is 11.0 Å². The summed E-state index contributed by atoms with van der Waals surface area (Å²) >= 11 is 0. The molecule has 0 heterocycles. The third-order valence-corrected chi connectivity index (χ3v) is 5.33. The van der Waals surface area contributed by atoms with E-state index in [-0.39, 0.29) is 16.7 Å². The van der Waals surface area contributed by atoms with Gasteiger partial charge in [-0.05, 0) is 31.9 Å². The van der Waals surface area contributed by atoms with Crippen LogP contribution in [0.4, 0.5) is 0 Å². The van der Waals surface area contributed by atoms with Crippen LogP contribution in [-0.4, -0.2) is 8.96 Å². The molecule has 0 aliphatic carbocycles. The Kier molecular flexibility index (Phi) is 5.91. The van der Waals surface area contributed by atoms with Crippen molar-refractivity contribution in [2.24, 2.45) is 0 Å². The van der Waals surface area contributed by atoms with Gasteiger partial charge in [0, 0.05) is 5.92 Å². The lowest BCUT2D eigenvalue weighted by Crippen LogP contribution is -2.37. The fourth-order valence-corrected chi connectivity index (χ4v) is 3.31. The van der Waals surface area contributed by atoms with Crippen LogP contribution in [0.3, 0.4) is 0 Å². The van der Waals surface area contributed by atoms with Crippen LogP contribution in [0, 0.1) is 0 Å². The highest BCUT2D eigenvalue weighted by Crippen LogP contribution is 2.33. The van der Waals surface area contributed by atoms with Crippen molar-refractivity contribution in [3.63, 3.8) is 0 Å². The average Bonchev–Trinajstić information content (AvgIpc) is 2.55. The maximum Gasteiger partial charge on any atom is 0.0976 e. The zero-order valence-electron chi connectivity index (χ0n) is 14.0. The van der Waals surface area contributed by atoms with Gasteiger partial charge in [-0.3, -0.25) is 0 Å². The smallest absolute Gasteiger partial charge is 0.0976 e. The van der Waals surface area contributed by atoms with Crippen molar-refractivity contribution in [3.8, 4) is 0 Å². The second-order valence-corrected chi connectivity index (χ2v) is 8.56. The van der Waals surface area contributed by atoms with E-state index in [0.717, 1.165) is 11.1 Å². The molecule has 0 bridgehead atoms. The van der Waals surface area contributed by atoms with E-state index >= 15 is 0 Å². The number of hydrogen-bond donors (Lipinski definition) is 1. The third-order valence-electron chi connectivity index (χ3n) is 3.75. The van der Waals surface area contributed by atoms with Gasteiger partial charge in [0.05, 0.1) is 21.8 Å².